The molecule has 2 aliphatic rings. The van der Waals surface area contributed by atoms with Gasteiger partial charge in [0.2, 0.25) is 0 Å². The van der Waals surface area contributed by atoms with Crippen molar-refractivity contribution in [3.63, 3.8) is 0 Å². The molecule has 57 heavy (non-hydrogen) atoms. The number of nitrogens with zero attached hydrogens (tertiary/aromatic N) is 4. The van der Waals surface area contributed by atoms with Crippen LogP contribution in [0.3, 0.4) is 0 Å². The normalized spacial score (nSPS) is 12.7. The van der Waals surface area contributed by atoms with Gasteiger partial charge in [-0.3, -0.25) is 0 Å². The van der Waals surface area contributed by atoms with E-state index in [1.807, 2.05) is 48.5 Å². The first-order chi connectivity index (χ1) is 28.2. The van der Waals surface area contributed by atoms with Gasteiger partial charge in [-0.25, -0.2) is 19.8 Å². The van der Waals surface area contributed by atoms with Crippen LogP contribution in [0.2, 0.25) is 0 Å². The lowest BCUT2D eigenvalue weighted by Crippen LogP contribution is -2.25. The third-order valence-electron chi connectivity index (χ3n) is 11.6. The molecule has 0 aliphatic heterocycles. The summed E-state index contributed by atoms with van der Waals surface area (Å²) in [5.74, 6) is 1.85. The average Bonchev–Trinajstić information content (AvgIpc) is 3.77. The molecular weight excluding hydrogens is 693 g/mol. The molecule has 0 N–H and O–H groups in total. The first kappa shape index (κ1) is 32.7. The zero-order valence-electron chi connectivity index (χ0n) is 30.8. The van der Waals surface area contributed by atoms with Gasteiger partial charge in [0.25, 0.3) is 0 Å². The summed E-state index contributed by atoms with van der Waals surface area (Å²) in [7, 11) is 0. The lowest BCUT2D eigenvalue weighted by atomic mass is 9.70. The quantitative estimate of drug-likeness (QED) is 0.166. The molecule has 0 saturated carbocycles. The van der Waals surface area contributed by atoms with E-state index in [-0.39, 0.29) is 0 Å². The fraction of sp³-hybridized carbons (Fsp3) is 0.0189. The molecule has 4 nitrogen and oxygen atoms in total. The number of benzene rings is 8. The summed E-state index contributed by atoms with van der Waals surface area (Å²) in [6.07, 6.45) is 0. The monoisotopic (exact) mass is 724 g/mol. The largest absolute Gasteiger partial charge is 0.238 e. The molecule has 4 heteroatoms. The minimum atomic E-state index is -0.547. The van der Waals surface area contributed by atoms with Crippen molar-refractivity contribution in [3.05, 3.63) is 228 Å². The Morgan fingerprint density at radius 3 is 1.40 bits per heavy atom. The topological polar surface area (TPSA) is 43.0 Å². The van der Waals surface area contributed by atoms with E-state index in [1.54, 1.807) is 0 Å². The summed E-state index contributed by atoms with van der Waals surface area (Å²) in [6.45, 7) is 8.18. The van der Waals surface area contributed by atoms with Crippen LogP contribution in [0, 0.1) is 6.57 Å². The fourth-order valence-electron chi connectivity index (χ4n) is 9.10. The Morgan fingerprint density at radius 1 is 0.333 bits per heavy atom. The maximum Gasteiger partial charge on any atom is 0.195 e. The summed E-state index contributed by atoms with van der Waals surface area (Å²) in [5.41, 5.74) is 16.7. The fourth-order valence-corrected chi connectivity index (χ4v) is 9.10. The minimum absolute atomic E-state index is 0.547. The first-order valence-corrected chi connectivity index (χ1v) is 19.1. The lowest BCUT2D eigenvalue weighted by molar-refractivity contribution is 0.794. The van der Waals surface area contributed by atoms with E-state index < -0.39 is 5.41 Å². The zero-order chi connectivity index (χ0) is 37.9. The van der Waals surface area contributed by atoms with Gasteiger partial charge in [-0.05, 0) is 85.0 Å². The number of aromatic nitrogens is 3. The third kappa shape index (κ3) is 5.03. The van der Waals surface area contributed by atoms with Crippen molar-refractivity contribution >= 4 is 5.69 Å². The summed E-state index contributed by atoms with van der Waals surface area (Å²) in [6, 6.07) is 67.9. The van der Waals surface area contributed by atoms with E-state index in [0.29, 0.717) is 23.2 Å². The molecule has 11 rings (SSSR count). The molecule has 1 aromatic heterocycles. The Hall–Kier alpha value is -7.74. The van der Waals surface area contributed by atoms with E-state index in [9.17, 15) is 0 Å². The van der Waals surface area contributed by atoms with Gasteiger partial charge in [0, 0.05) is 16.7 Å². The van der Waals surface area contributed by atoms with Crippen LogP contribution in [-0.4, -0.2) is 15.0 Å². The molecule has 1 spiro atoms. The van der Waals surface area contributed by atoms with Gasteiger partial charge in [-0.15, -0.1) is 0 Å². The molecule has 0 amide bonds. The number of rotatable bonds is 5. The Balaban J connectivity index is 1.08. The maximum absolute atomic E-state index is 8.18. The summed E-state index contributed by atoms with van der Waals surface area (Å²) < 4.78 is 0. The van der Waals surface area contributed by atoms with Crippen molar-refractivity contribution in [3.8, 4) is 78.7 Å². The Kier molecular flexibility index (Phi) is 7.42. The molecule has 0 radical (unpaired) electrons. The zero-order valence-corrected chi connectivity index (χ0v) is 30.8. The van der Waals surface area contributed by atoms with E-state index >= 15 is 0 Å². The van der Waals surface area contributed by atoms with Crippen molar-refractivity contribution in [2.75, 3.05) is 0 Å². The van der Waals surface area contributed by atoms with Gasteiger partial charge in [-0.2, -0.15) is 0 Å². The molecule has 8 aromatic carbocycles. The molecule has 0 unspecified atom stereocenters. The highest BCUT2D eigenvalue weighted by atomic mass is 15.0. The standard InChI is InChI=1S/C53H32N4/c1-54-48-28-14-27-46-49(48)43-30-29-38(33-47(43)53(46)44-25-10-8-23-41(44)42-24-9-11-26-45(42)53)37-20-13-22-40(32-37)52-56-50(35-17-6-3-7-18-35)55-51(57-52)39-21-12-19-36(31-39)34-15-4-2-5-16-34/h2-33H. The molecule has 0 saturated heterocycles. The highest BCUT2D eigenvalue weighted by molar-refractivity contribution is 5.99. The lowest BCUT2D eigenvalue weighted by Gasteiger charge is -2.31. The summed E-state index contributed by atoms with van der Waals surface area (Å²) in [5, 5.41) is 0. The number of hydrogen-bond donors (Lipinski definition) is 0. The predicted octanol–water partition coefficient (Wildman–Crippen LogP) is 13.1. The number of fused-ring (bicyclic) bond motifs is 10. The van der Waals surface area contributed by atoms with E-state index in [1.165, 1.54) is 27.8 Å². The van der Waals surface area contributed by atoms with Crippen LogP contribution in [0.25, 0.3) is 83.5 Å². The van der Waals surface area contributed by atoms with Crippen LogP contribution >= 0.6 is 0 Å². The van der Waals surface area contributed by atoms with Gasteiger partial charge in [0.15, 0.2) is 23.2 Å². The second-order valence-corrected chi connectivity index (χ2v) is 14.6. The second-order valence-electron chi connectivity index (χ2n) is 14.6. The molecule has 9 aromatic rings. The van der Waals surface area contributed by atoms with Crippen LogP contribution in [0.1, 0.15) is 22.3 Å². The van der Waals surface area contributed by atoms with Gasteiger partial charge in [0.05, 0.1) is 12.0 Å². The molecule has 1 heterocycles. The van der Waals surface area contributed by atoms with Gasteiger partial charge >= 0.3 is 0 Å². The summed E-state index contributed by atoms with van der Waals surface area (Å²) >= 11 is 0. The predicted molar refractivity (Wildman–Crippen MR) is 230 cm³/mol. The van der Waals surface area contributed by atoms with Crippen molar-refractivity contribution < 1.29 is 0 Å². The molecule has 0 bridgehead atoms. The Bertz CT molecular complexity index is 3040. The Labute approximate surface area is 331 Å². The van der Waals surface area contributed by atoms with Crippen molar-refractivity contribution in [2.24, 2.45) is 0 Å². The molecule has 0 fully saturated rings. The number of hydrogen-bond acceptors (Lipinski definition) is 3. The van der Waals surface area contributed by atoms with Crippen LogP contribution in [-0.2, 0) is 5.41 Å². The van der Waals surface area contributed by atoms with Crippen LogP contribution in [0.4, 0.5) is 5.69 Å². The van der Waals surface area contributed by atoms with Crippen molar-refractivity contribution in [2.45, 2.75) is 5.41 Å². The highest BCUT2D eigenvalue weighted by Gasteiger charge is 2.52. The van der Waals surface area contributed by atoms with Crippen LogP contribution < -0.4 is 0 Å². The molecule has 0 atom stereocenters. The van der Waals surface area contributed by atoms with Gasteiger partial charge < -0.3 is 0 Å². The van der Waals surface area contributed by atoms with E-state index in [4.69, 9.17) is 21.5 Å². The third-order valence-corrected chi connectivity index (χ3v) is 11.6. The smallest absolute Gasteiger partial charge is 0.195 e. The average molecular weight is 725 g/mol. The van der Waals surface area contributed by atoms with Crippen LogP contribution in [0.15, 0.2) is 194 Å². The SMILES string of the molecule is [C-]#[N+]c1cccc2c1-c1ccc(-c3cccc(-c4nc(-c5ccccc5)nc(-c5cccc(-c6ccccc6)c5)n4)c3)cc1C21c2ccccc2-c2ccccc21. The van der Waals surface area contributed by atoms with Gasteiger partial charge in [-0.1, -0.05) is 176 Å². The van der Waals surface area contributed by atoms with E-state index in [2.05, 4.69) is 150 Å². The first-order valence-electron chi connectivity index (χ1n) is 19.1. The molecule has 2 aliphatic carbocycles. The highest BCUT2D eigenvalue weighted by Crippen LogP contribution is 2.64. The van der Waals surface area contributed by atoms with E-state index in [0.717, 1.165) is 55.6 Å². The molecular formula is C53H32N4. The summed E-state index contributed by atoms with van der Waals surface area (Å²) in [4.78, 5) is 19.3. The second kappa shape index (κ2) is 12.9. The molecule has 264 valence electrons. The van der Waals surface area contributed by atoms with Crippen molar-refractivity contribution in [1.82, 2.24) is 15.0 Å². The maximum atomic E-state index is 8.18. The van der Waals surface area contributed by atoms with Gasteiger partial charge in [0.1, 0.15) is 0 Å². The van der Waals surface area contributed by atoms with Crippen LogP contribution in [0.5, 0.6) is 0 Å². The van der Waals surface area contributed by atoms with Crippen molar-refractivity contribution in [1.29, 1.82) is 0 Å². The minimum Gasteiger partial charge on any atom is -0.238 e. The Morgan fingerprint density at radius 2 is 0.789 bits per heavy atom.